The number of ketones is 1. The summed E-state index contributed by atoms with van der Waals surface area (Å²) in [7, 11) is 0. The van der Waals surface area contributed by atoms with Gasteiger partial charge in [-0.25, -0.2) is 4.79 Å². The van der Waals surface area contributed by atoms with E-state index in [1.165, 1.54) is 6.08 Å². The number of allylic oxidation sites excluding steroid dienone is 5. The molecule has 0 bridgehead atoms. The molecule has 1 aliphatic rings. The summed E-state index contributed by atoms with van der Waals surface area (Å²) in [5.41, 5.74) is 4.49. The molecule has 0 unspecified atom stereocenters. The molecule has 0 saturated carbocycles. The molecule has 4 nitrogen and oxygen atoms in total. The van der Waals surface area contributed by atoms with Gasteiger partial charge in [0.1, 0.15) is 5.75 Å². The molecule has 154 valence electrons. The summed E-state index contributed by atoms with van der Waals surface area (Å²) < 4.78 is 0. The topological polar surface area (TPSA) is 74.6 Å². The molecule has 4 heteroatoms. The molecular weight excluding hydrogens is 376 g/mol. The molecule has 0 heterocycles. The third-order valence-corrected chi connectivity index (χ3v) is 5.29. The molecule has 3 rings (SSSR count). The first kappa shape index (κ1) is 21.3. The molecule has 2 aromatic carbocycles. The zero-order valence-corrected chi connectivity index (χ0v) is 17.6. The smallest absolute Gasteiger partial charge is 0.336 e. The summed E-state index contributed by atoms with van der Waals surface area (Å²) in [6.07, 6.45) is 5.13. The summed E-state index contributed by atoms with van der Waals surface area (Å²) in [5, 5.41) is 20.1. The second-order valence-electron chi connectivity index (χ2n) is 8.06. The molecule has 0 atom stereocenters. The summed E-state index contributed by atoms with van der Waals surface area (Å²) in [6.45, 7) is 7.91. The van der Waals surface area contributed by atoms with Crippen LogP contribution in [0.1, 0.15) is 60.7 Å². The van der Waals surface area contributed by atoms with E-state index < -0.39 is 5.97 Å². The number of carbonyl (C=O) groups is 2. The highest BCUT2D eigenvalue weighted by atomic mass is 16.4. The summed E-state index contributed by atoms with van der Waals surface area (Å²) in [5.74, 6) is -0.711. The second kappa shape index (κ2) is 8.54. The zero-order valence-electron chi connectivity index (χ0n) is 17.6. The highest BCUT2D eigenvalue weighted by molar-refractivity contribution is 6.08. The maximum atomic E-state index is 12.3. The van der Waals surface area contributed by atoms with E-state index >= 15 is 0 Å². The Kier molecular flexibility index (Phi) is 6.06. The first-order valence-electron chi connectivity index (χ1n) is 10.0. The van der Waals surface area contributed by atoms with Gasteiger partial charge < -0.3 is 10.2 Å². The minimum atomic E-state index is -1.02. The standard InChI is InChI=1S/C26H26O4/c1-15(2)21-13-17(9-11-23(21)27)25(19-7-5-6-8-20(19)26(29)30)18-10-12-24(28)22(14-18)16(3)4/h5-16,27H,1-4H3,(H,29,30). The van der Waals surface area contributed by atoms with Gasteiger partial charge in [0.25, 0.3) is 0 Å². The average Bonchev–Trinajstić information content (AvgIpc) is 2.70. The van der Waals surface area contributed by atoms with E-state index in [9.17, 15) is 19.8 Å². The van der Waals surface area contributed by atoms with Crippen LogP contribution >= 0.6 is 0 Å². The van der Waals surface area contributed by atoms with Crippen molar-refractivity contribution in [2.75, 3.05) is 0 Å². The van der Waals surface area contributed by atoms with Crippen LogP contribution in [-0.2, 0) is 4.79 Å². The van der Waals surface area contributed by atoms with Gasteiger partial charge in [0.2, 0.25) is 0 Å². The second-order valence-corrected chi connectivity index (χ2v) is 8.06. The molecule has 0 saturated heterocycles. The molecule has 1 aliphatic carbocycles. The van der Waals surface area contributed by atoms with Crippen molar-refractivity contribution in [2.45, 2.75) is 33.6 Å². The number of carbonyl (C=O) groups excluding carboxylic acids is 1. The van der Waals surface area contributed by atoms with Crippen molar-refractivity contribution in [2.24, 2.45) is 5.92 Å². The largest absolute Gasteiger partial charge is 0.508 e. The van der Waals surface area contributed by atoms with Crippen LogP contribution in [0.5, 0.6) is 5.75 Å². The van der Waals surface area contributed by atoms with Gasteiger partial charge in [0.15, 0.2) is 5.78 Å². The van der Waals surface area contributed by atoms with Gasteiger partial charge in [-0.15, -0.1) is 0 Å². The Hall–Kier alpha value is -3.40. The number of phenolic OH excluding ortho intramolecular Hbond substituents is 1. The van der Waals surface area contributed by atoms with Gasteiger partial charge in [-0.2, -0.15) is 0 Å². The van der Waals surface area contributed by atoms with Crippen LogP contribution in [0.3, 0.4) is 0 Å². The summed E-state index contributed by atoms with van der Waals surface area (Å²) in [4.78, 5) is 24.3. The number of rotatable bonds is 5. The van der Waals surface area contributed by atoms with Crippen molar-refractivity contribution in [3.8, 4) is 5.75 Å². The zero-order chi connectivity index (χ0) is 22.0. The highest BCUT2D eigenvalue weighted by Crippen LogP contribution is 2.36. The van der Waals surface area contributed by atoms with E-state index in [1.54, 1.807) is 42.5 Å². The van der Waals surface area contributed by atoms with Crippen LogP contribution < -0.4 is 0 Å². The highest BCUT2D eigenvalue weighted by Gasteiger charge is 2.22. The lowest BCUT2D eigenvalue weighted by Gasteiger charge is -2.20. The molecule has 0 aromatic heterocycles. The van der Waals surface area contributed by atoms with Crippen molar-refractivity contribution in [1.82, 2.24) is 0 Å². The number of aromatic hydroxyl groups is 1. The molecule has 0 fully saturated rings. The van der Waals surface area contributed by atoms with E-state index in [2.05, 4.69) is 0 Å². The maximum Gasteiger partial charge on any atom is 0.336 e. The summed E-state index contributed by atoms with van der Waals surface area (Å²) in [6, 6.07) is 12.2. The number of phenols is 1. The lowest BCUT2D eigenvalue weighted by molar-refractivity contribution is -0.111. The Morgan fingerprint density at radius 3 is 2.17 bits per heavy atom. The number of carboxylic acid groups (broad SMARTS) is 1. The lowest BCUT2D eigenvalue weighted by Crippen LogP contribution is -2.11. The molecule has 2 N–H and O–H groups in total. The molecule has 30 heavy (non-hydrogen) atoms. The molecule has 0 radical (unpaired) electrons. The van der Waals surface area contributed by atoms with E-state index in [-0.39, 0.29) is 28.9 Å². The molecule has 0 spiro atoms. The minimum Gasteiger partial charge on any atom is -0.508 e. The van der Waals surface area contributed by atoms with E-state index in [4.69, 9.17) is 0 Å². The van der Waals surface area contributed by atoms with Crippen LogP contribution in [0.2, 0.25) is 0 Å². The van der Waals surface area contributed by atoms with Gasteiger partial charge in [-0.05, 0) is 70.0 Å². The van der Waals surface area contributed by atoms with Crippen LogP contribution in [0, 0.1) is 5.92 Å². The molecule has 0 amide bonds. The van der Waals surface area contributed by atoms with Gasteiger partial charge in [0.05, 0.1) is 5.56 Å². The number of hydrogen-bond acceptors (Lipinski definition) is 3. The van der Waals surface area contributed by atoms with Crippen LogP contribution in [0.15, 0.2) is 71.8 Å². The van der Waals surface area contributed by atoms with Gasteiger partial charge >= 0.3 is 5.97 Å². The van der Waals surface area contributed by atoms with Crippen LogP contribution in [0.4, 0.5) is 0 Å². The average molecular weight is 402 g/mol. The Morgan fingerprint density at radius 2 is 1.57 bits per heavy atom. The van der Waals surface area contributed by atoms with Crippen LogP contribution in [0.25, 0.3) is 5.57 Å². The first-order valence-corrected chi connectivity index (χ1v) is 10.0. The first-order chi connectivity index (χ1) is 14.2. The normalized spacial score (nSPS) is 15.5. The fourth-order valence-electron chi connectivity index (χ4n) is 3.69. The summed E-state index contributed by atoms with van der Waals surface area (Å²) >= 11 is 0. The number of benzene rings is 2. The number of carboxylic acids is 1. The number of hydrogen-bond donors (Lipinski definition) is 2. The van der Waals surface area contributed by atoms with Crippen molar-refractivity contribution in [1.29, 1.82) is 0 Å². The van der Waals surface area contributed by atoms with E-state index in [0.717, 1.165) is 22.3 Å². The predicted molar refractivity (Wildman–Crippen MR) is 119 cm³/mol. The lowest BCUT2D eigenvalue weighted by atomic mass is 9.84. The van der Waals surface area contributed by atoms with E-state index in [0.29, 0.717) is 11.1 Å². The van der Waals surface area contributed by atoms with E-state index in [1.807, 2.05) is 39.8 Å². The Balaban J connectivity index is 2.38. The number of aromatic carboxylic acids is 1. The fraction of sp³-hybridized carbons (Fsp3) is 0.231. The van der Waals surface area contributed by atoms with Crippen molar-refractivity contribution >= 4 is 17.3 Å². The Morgan fingerprint density at radius 1 is 0.900 bits per heavy atom. The van der Waals surface area contributed by atoms with Gasteiger partial charge in [-0.1, -0.05) is 58.0 Å². The fourth-order valence-corrected chi connectivity index (χ4v) is 3.69. The van der Waals surface area contributed by atoms with Crippen molar-refractivity contribution in [3.63, 3.8) is 0 Å². The monoisotopic (exact) mass is 402 g/mol. The van der Waals surface area contributed by atoms with Crippen molar-refractivity contribution in [3.05, 3.63) is 94.1 Å². The SMILES string of the molecule is CC(C)C1=CC(=C(c2ccc(O)c(C(C)C)c2)c2ccccc2C(=O)O)C=CC1=O. The van der Waals surface area contributed by atoms with Crippen LogP contribution in [-0.4, -0.2) is 22.0 Å². The third kappa shape index (κ3) is 4.13. The molecule has 0 aliphatic heterocycles. The Bertz CT molecular complexity index is 1100. The van der Waals surface area contributed by atoms with Gasteiger partial charge in [0, 0.05) is 5.57 Å². The predicted octanol–water partition coefficient (Wildman–Crippen LogP) is 5.74. The molecule has 2 aromatic rings. The molecular formula is C26H26O4. The quantitative estimate of drug-likeness (QED) is 0.669. The maximum absolute atomic E-state index is 12.3. The van der Waals surface area contributed by atoms with Crippen molar-refractivity contribution < 1.29 is 19.8 Å². The Labute approximate surface area is 176 Å². The minimum absolute atomic E-state index is 0.0341. The third-order valence-electron chi connectivity index (χ3n) is 5.29. The van der Waals surface area contributed by atoms with Gasteiger partial charge in [-0.3, -0.25) is 4.79 Å².